The fraction of sp³-hybridized carbons (Fsp3) is 0.400. The molecule has 1 aliphatic heterocycles. The minimum absolute atomic E-state index is 0. The summed E-state index contributed by atoms with van der Waals surface area (Å²) < 4.78 is 0. The molecule has 0 saturated carbocycles. The summed E-state index contributed by atoms with van der Waals surface area (Å²) in [6.45, 7) is 1.56. The molecule has 6 heteroatoms. The summed E-state index contributed by atoms with van der Waals surface area (Å²) in [7, 11) is 0. The van der Waals surface area contributed by atoms with Crippen LogP contribution in [0.1, 0.15) is 6.42 Å². The van der Waals surface area contributed by atoms with Crippen LogP contribution in [-0.2, 0) is 4.79 Å². The van der Waals surface area contributed by atoms with Crippen LogP contribution in [0.2, 0.25) is 0 Å². The standard InChI is InChI=1S/C10H13N3O2.ClH/c14-8-2-1-4-12-9(8)13-10(15)7-3-5-11-6-7;/h1-2,4,7,11,14H,3,5-6H2,(H,12,13,15);1H/t7-;/m0./s1. The van der Waals surface area contributed by atoms with Gasteiger partial charge in [0, 0.05) is 12.7 Å². The topological polar surface area (TPSA) is 74.2 Å². The van der Waals surface area contributed by atoms with Crippen LogP contribution in [0.5, 0.6) is 5.75 Å². The summed E-state index contributed by atoms with van der Waals surface area (Å²) in [4.78, 5) is 15.6. The fourth-order valence-corrected chi connectivity index (χ4v) is 1.59. The number of nitrogens with zero attached hydrogens (tertiary/aromatic N) is 1. The van der Waals surface area contributed by atoms with Crippen LogP contribution < -0.4 is 10.6 Å². The van der Waals surface area contributed by atoms with Gasteiger partial charge in [-0.1, -0.05) is 0 Å². The van der Waals surface area contributed by atoms with Crippen molar-refractivity contribution in [3.05, 3.63) is 18.3 Å². The van der Waals surface area contributed by atoms with E-state index < -0.39 is 0 Å². The Labute approximate surface area is 99.7 Å². The second-order valence-electron chi connectivity index (χ2n) is 3.55. The van der Waals surface area contributed by atoms with Crippen LogP contribution in [-0.4, -0.2) is 29.1 Å². The first-order valence-corrected chi connectivity index (χ1v) is 4.93. The van der Waals surface area contributed by atoms with E-state index in [9.17, 15) is 9.90 Å². The molecule has 2 rings (SSSR count). The normalized spacial score (nSPS) is 18.9. The molecule has 0 aliphatic carbocycles. The van der Waals surface area contributed by atoms with Crippen LogP contribution in [0.15, 0.2) is 18.3 Å². The van der Waals surface area contributed by atoms with Gasteiger partial charge in [-0.3, -0.25) is 4.79 Å². The van der Waals surface area contributed by atoms with Gasteiger partial charge in [-0.2, -0.15) is 0 Å². The van der Waals surface area contributed by atoms with Crippen molar-refractivity contribution in [3.63, 3.8) is 0 Å². The fourth-order valence-electron chi connectivity index (χ4n) is 1.59. The third-order valence-electron chi connectivity index (χ3n) is 2.46. The highest BCUT2D eigenvalue weighted by atomic mass is 35.5. The molecule has 88 valence electrons. The lowest BCUT2D eigenvalue weighted by Gasteiger charge is -2.09. The van der Waals surface area contributed by atoms with E-state index in [1.165, 1.54) is 12.3 Å². The Kier molecular flexibility index (Phi) is 4.52. The lowest BCUT2D eigenvalue weighted by Crippen LogP contribution is -2.25. The van der Waals surface area contributed by atoms with E-state index in [4.69, 9.17) is 0 Å². The minimum atomic E-state index is -0.0889. The number of anilines is 1. The molecule has 5 nitrogen and oxygen atoms in total. The van der Waals surface area contributed by atoms with Crippen molar-refractivity contribution in [2.75, 3.05) is 18.4 Å². The van der Waals surface area contributed by atoms with E-state index in [0.717, 1.165) is 13.0 Å². The van der Waals surface area contributed by atoms with Crippen molar-refractivity contribution >= 4 is 24.1 Å². The number of hydrogen-bond acceptors (Lipinski definition) is 4. The molecule has 1 fully saturated rings. The second kappa shape index (κ2) is 5.67. The number of amides is 1. The number of nitrogens with one attached hydrogen (secondary N) is 2. The Morgan fingerprint density at radius 3 is 3.06 bits per heavy atom. The van der Waals surface area contributed by atoms with Gasteiger partial charge in [0.05, 0.1) is 5.92 Å². The third-order valence-corrected chi connectivity index (χ3v) is 2.46. The summed E-state index contributed by atoms with van der Waals surface area (Å²) in [5.74, 6) is 0.117. The highest BCUT2D eigenvalue weighted by molar-refractivity contribution is 5.93. The van der Waals surface area contributed by atoms with Gasteiger partial charge in [0.25, 0.3) is 0 Å². The van der Waals surface area contributed by atoms with Gasteiger partial charge < -0.3 is 15.7 Å². The molecule has 1 aromatic rings. The van der Waals surface area contributed by atoms with E-state index >= 15 is 0 Å². The van der Waals surface area contributed by atoms with E-state index in [2.05, 4.69) is 15.6 Å². The Balaban J connectivity index is 0.00000128. The average molecular weight is 244 g/mol. The zero-order valence-corrected chi connectivity index (χ0v) is 9.46. The van der Waals surface area contributed by atoms with Crippen molar-refractivity contribution in [1.29, 1.82) is 0 Å². The van der Waals surface area contributed by atoms with Crippen molar-refractivity contribution < 1.29 is 9.90 Å². The molecule has 0 bridgehead atoms. The Hall–Kier alpha value is -1.33. The number of aromatic nitrogens is 1. The van der Waals surface area contributed by atoms with E-state index in [0.29, 0.717) is 6.54 Å². The van der Waals surface area contributed by atoms with Crippen LogP contribution >= 0.6 is 12.4 Å². The first-order chi connectivity index (χ1) is 7.27. The van der Waals surface area contributed by atoms with Crippen LogP contribution in [0, 0.1) is 5.92 Å². The summed E-state index contributed by atoms with van der Waals surface area (Å²) in [6.07, 6.45) is 2.36. The predicted molar refractivity (Wildman–Crippen MR) is 62.8 cm³/mol. The van der Waals surface area contributed by atoms with E-state index in [-0.39, 0.29) is 35.8 Å². The average Bonchev–Trinajstić information content (AvgIpc) is 2.74. The second-order valence-corrected chi connectivity index (χ2v) is 3.55. The highest BCUT2D eigenvalue weighted by Crippen LogP contribution is 2.19. The molecule has 1 amide bonds. The largest absolute Gasteiger partial charge is 0.504 e. The lowest BCUT2D eigenvalue weighted by atomic mass is 10.1. The number of carbonyl (C=O) groups excluding carboxylic acids is 1. The minimum Gasteiger partial charge on any atom is -0.504 e. The number of pyridine rings is 1. The number of hydrogen-bond donors (Lipinski definition) is 3. The van der Waals surface area contributed by atoms with Gasteiger partial charge in [0.2, 0.25) is 5.91 Å². The van der Waals surface area contributed by atoms with Crippen molar-refractivity contribution in [3.8, 4) is 5.75 Å². The maximum atomic E-state index is 11.7. The van der Waals surface area contributed by atoms with Gasteiger partial charge in [-0.15, -0.1) is 12.4 Å². The summed E-state index contributed by atoms with van der Waals surface area (Å²) in [5, 5.41) is 15.1. The zero-order valence-electron chi connectivity index (χ0n) is 8.64. The monoisotopic (exact) mass is 243 g/mol. The molecule has 0 unspecified atom stereocenters. The number of carbonyl (C=O) groups is 1. The van der Waals surface area contributed by atoms with Crippen molar-refractivity contribution in [2.45, 2.75) is 6.42 Å². The van der Waals surface area contributed by atoms with Crippen molar-refractivity contribution in [2.24, 2.45) is 5.92 Å². The maximum Gasteiger partial charge on any atom is 0.230 e. The third kappa shape index (κ3) is 2.84. The molecule has 1 atom stereocenters. The van der Waals surface area contributed by atoms with Gasteiger partial charge in [0.1, 0.15) is 0 Å². The Morgan fingerprint density at radius 2 is 2.44 bits per heavy atom. The smallest absolute Gasteiger partial charge is 0.230 e. The molecule has 2 heterocycles. The first-order valence-electron chi connectivity index (χ1n) is 4.93. The number of aromatic hydroxyl groups is 1. The first kappa shape index (κ1) is 12.7. The molecular formula is C10H14ClN3O2. The molecule has 0 aromatic carbocycles. The molecule has 0 spiro atoms. The maximum absolute atomic E-state index is 11.7. The van der Waals surface area contributed by atoms with Gasteiger partial charge in [0.15, 0.2) is 11.6 Å². The molecule has 1 aliphatic rings. The molecule has 3 N–H and O–H groups in total. The molecule has 1 aromatic heterocycles. The predicted octanol–water partition coefficient (Wildman–Crippen LogP) is 0.757. The van der Waals surface area contributed by atoms with Crippen LogP contribution in [0.4, 0.5) is 5.82 Å². The summed E-state index contributed by atoms with van der Waals surface area (Å²) in [6, 6.07) is 3.11. The van der Waals surface area contributed by atoms with E-state index in [1.807, 2.05) is 0 Å². The highest BCUT2D eigenvalue weighted by Gasteiger charge is 2.23. The molecule has 0 radical (unpaired) electrons. The molecular weight excluding hydrogens is 230 g/mol. The Morgan fingerprint density at radius 1 is 1.62 bits per heavy atom. The Bertz CT molecular complexity index is 367. The molecule has 16 heavy (non-hydrogen) atoms. The quantitative estimate of drug-likeness (QED) is 0.717. The number of halogens is 1. The van der Waals surface area contributed by atoms with Gasteiger partial charge in [-0.25, -0.2) is 4.98 Å². The van der Waals surface area contributed by atoms with Gasteiger partial charge in [-0.05, 0) is 25.1 Å². The number of rotatable bonds is 2. The summed E-state index contributed by atoms with van der Waals surface area (Å²) >= 11 is 0. The van der Waals surface area contributed by atoms with Gasteiger partial charge >= 0.3 is 0 Å². The summed E-state index contributed by atoms with van der Waals surface area (Å²) in [5.41, 5.74) is 0. The lowest BCUT2D eigenvalue weighted by molar-refractivity contribution is -0.119. The molecule has 1 saturated heterocycles. The van der Waals surface area contributed by atoms with E-state index in [1.54, 1.807) is 6.07 Å². The zero-order chi connectivity index (χ0) is 10.7. The van der Waals surface area contributed by atoms with Crippen molar-refractivity contribution in [1.82, 2.24) is 10.3 Å². The van der Waals surface area contributed by atoms with Crippen LogP contribution in [0.25, 0.3) is 0 Å². The SMILES string of the molecule is Cl.O=C(Nc1ncccc1O)[C@H]1CCNC1. The van der Waals surface area contributed by atoms with Crippen LogP contribution in [0.3, 0.4) is 0 Å².